The zero-order chi connectivity index (χ0) is 25.7. The van der Waals surface area contributed by atoms with E-state index in [0.717, 1.165) is 43.1 Å². The summed E-state index contributed by atoms with van der Waals surface area (Å²) in [6, 6.07) is 15.9. The summed E-state index contributed by atoms with van der Waals surface area (Å²) in [6.45, 7) is 6.25. The molecule has 7 heteroatoms. The van der Waals surface area contributed by atoms with E-state index in [4.69, 9.17) is 9.15 Å². The fourth-order valence-electron chi connectivity index (χ4n) is 4.43. The minimum absolute atomic E-state index is 0.176. The molecular weight excluding hydrogens is 474 g/mol. The second-order valence-corrected chi connectivity index (χ2v) is 10.7. The van der Waals surface area contributed by atoms with Gasteiger partial charge in [-0.05, 0) is 43.5 Å². The predicted octanol–water partition coefficient (Wildman–Crippen LogP) is 7.38. The number of furan rings is 1. The number of ether oxygens (including phenoxy) is 1. The second-order valence-electron chi connectivity index (χ2n) is 9.03. The highest BCUT2D eigenvalue weighted by molar-refractivity contribution is 7.92. The van der Waals surface area contributed by atoms with Crippen LogP contribution in [0.1, 0.15) is 67.6 Å². The van der Waals surface area contributed by atoms with E-state index in [9.17, 15) is 13.2 Å². The van der Waals surface area contributed by atoms with Crippen molar-refractivity contribution >= 4 is 43.4 Å². The Kier molecular flexibility index (Phi) is 7.99. The number of rotatable bonds is 11. The first-order valence-electron chi connectivity index (χ1n) is 12.6. The highest BCUT2D eigenvalue weighted by Crippen LogP contribution is 2.37. The Morgan fingerprint density at radius 1 is 0.917 bits per heavy atom. The monoisotopic (exact) mass is 507 g/mol. The van der Waals surface area contributed by atoms with Crippen molar-refractivity contribution in [1.82, 2.24) is 0 Å². The number of benzene rings is 3. The van der Waals surface area contributed by atoms with E-state index in [2.05, 4.69) is 11.6 Å². The van der Waals surface area contributed by atoms with Crippen LogP contribution in [0.15, 0.2) is 63.9 Å². The number of hydrogen-bond donors (Lipinski definition) is 1. The molecule has 0 radical (unpaired) electrons. The fourth-order valence-corrected chi connectivity index (χ4v) is 5.50. The van der Waals surface area contributed by atoms with Crippen LogP contribution in [0.5, 0.6) is 0 Å². The van der Waals surface area contributed by atoms with Gasteiger partial charge in [0.05, 0.1) is 17.2 Å². The highest BCUT2D eigenvalue weighted by atomic mass is 32.2. The van der Waals surface area contributed by atoms with Crippen LogP contribution in [0.25, 0.3) is 21.7 Å². The molecule has 0 aliphatic carbocycles. The minimum atomic E-state index is -3.85. The summed E-state index contributed by atoms with van der Waals surface area (Å²) in [5.74, 6) is -0.0118. The molecular formula is C29H33NO5S. The number of anilines is 1. The van der Waals surface area contributed by atoms with E-state index < -0.39 is 16.0 Å². The molecule has 0 spiro atoms. The van der Waals surface area contributed by atoms with Gasteiger partial charge in [0.2, 0.25) is 0 Å². The van der Waals surface area contributed by atoms with Crippen molar-refractivity contribution < 1.29 is 22.4 Å². The van der Waals surface area contributed by atoms with Crippen LogP contribution in [-0.4, -0.2) is 21.0 Å². The summed E-state index contributed by atoms with van der Waals surface area (Å²) in [5, 5.41) is 1.93. The number of sulfonamides is 1. The van der Waals surface area contributed by atoms with Gasteiger partial charge >= 0.3 is 5.97 Å². The lowest BCUT2D eigenvalue weighted by atomic mass is 10.0. The SMILES string of the molecule is CCCCCCCOC(=O)c1c(C)oc2c1cc(NS(=O)(=O)c1ccc(CC)cc1)c1ccccc12. The van der Waals surface area contributed by atoms with Crippen LogP contribution < -0.4 is 4.72 Å². The lowest BCUT2D eigenvalue weighted by Gasteiger charge is -2.12. The molecule has 0 aliphatic heterocycles. The van der Waals surface area contributed by atoms with Crippen LogP contribution >= 0.6 is 0 Å². The molecule has 190 valence electrons. The molecule has 1 heterocycles. The molecule has 4 rings (SSSR count). The van der Waals surface area contributed by atoms with Crippen molar-refractivity contribution in [1.29, 1.82) is 0 Å². The van der Waals surface area contributed by atoms with Crippen LogP contribution in [0.3, 0.4) is 0 Å². The quantitative estimate of drug-likeness (QED) is 0.169. The molecule has 0 amide bonds. The molecule has 0 atom stereocenters. The standard InChI is InChI=1S/C29H33NO5S/c1-4-6-7-8-11-18-34-29(31)27-20(3)35-28-24-13-10-9-12-23(24)26(19-25(27)28)30-36(32,33)22-16-14-21(5-2)15-17-22/h9-10,12-17,19,30H,4-8,11,18H2,1-3H3. The van der Waals surface area contributed by atoms with Gasteiger partial charge in [0.1, 0.15) is 16.9 Å². The number of unbranched alkanes of at least 4 members (excludes halogenated alkanes) is 4. The molecule has 0 fully saturated rings. The van der Waals surface area contributed by atoms with Crippen LogP contribution in [0.4, 0.5) is 5.69 Å². The maximum atomic E-state index is 13.2. The number of carbonyl (C=O) groups excluding carboxylic acids is 1. The molecule has 0 unspecified atom stereocenters. The lowest BCUT2D eigenvalue weighted by molar-refractivity contribution is 0.0497. The van der Waals surface area contributed by atoms with Gasteiger partial charge in [-0.25, -0.2) is 13.2 Å². The first-order valence-corrected chi connectivity index (χ1v) is 14.1. The normalized spacial score (nSPS) is 11.8. The van der Waals surface area contributed by atoms with Crippen molar-refractivity contribution in [3.63, 3.8) is 0 Å². The summed E-state index contributed by atoms with van der Waals surface area (Å²) < 4.78 is 40.8. The molecule has 3 aromatic carbocycles. The van der Waals surface area contributed by atoms with Gasteiger partial charge in [-0.1, -0.05) is 75.9 Å². The lowest BCUT2D eigenvalue weighted by Crippen LogP contribution is -2.13. The Bertz CT molecular complexity index is 1470. The van der Waals surface area contributed by atoms with Crippen molar-refractivity contribution in [2.24, 2.45) is 0 Å². The van der Waals surface area contributed by atoms with E-state index in [1.54, 1.807) is 25.1 Å². The summed E-state index contributed by atoms with van der Waals surface area (Å²) in [5.41, 5.74) is 2.31. The molecule has 0 saturated carbocycles. The maximum Gasteiger partial charge on any atom is 0.342 e. The molecule has 0 bridgehead atoms. The number of esters is 1. The Labute approximate surface area is 212 Å². The van der Waals surface area contributed by atoms with Gasteiger partial charge in [-0.2, -0.15) is 0 Å². The number of hydrogen-bond acceptors (Lipinski definition) is 5. The van der Waals surface area contributed by atoms with E-state index >= 15 is 0 Å². The first-order chi connectivity index (χ1) is 17.4. The highest BCUT2D eigenvalue weighted by Gasteiger charge is 2.24. The molecule has 1 aromatic heterocycles. The maximum absolute atomic E-state index is 13.2. The zero-order valence-electron chi connectivity index (χ0n) is 21.1. The minimum Gasteiger partial charge on any atom is -0.462 e. The average Bonchev–Trinajstić information content (AvgIpc) is 3.22. The van der Waals surface area contributed by atoms with Crippen molar-refractivity contribution in [2.45, 2.75) is 64.2 Å². The van der Waals surface area contributed by atoms with E-state index in [1.807, 2.05) is 43.3 Å². The molecule has 0 aliphatic rings. The topological polar surface area (TPSA) is 85.6 Å². The Morgan fingerprint density at radius 3 is 2.31 bits per heavy atom. The van der Waals surface area contributed by atoms with Gasteiger partial charge < -0.3 is 9.15 Å². The second kappa shape index (κ2) is 11.2. The third kappa shape index (κ3) is 5.41. The molecule has 36 heavy (non-hydrogen) atoms. The summed E-state index contributed by atoms with van der Waals surface area (Å²) in [7, 11) is -3.85. The smallest absolute Gasteiger partial charge is 0.342 e. The Balaban J connectivity index is 1.69. The first kappa shape index (κ1) is 25.8. The molecule has 4 aromatic rings. The van der Waals surface area contributed by atoms with Gasteiger partial charge in [0.15, 0.2) is 0 Å². The Morgan fingerprint density at radius 2 is 1.61 bits per heavy atom. The third-order valence-corrected chi connectivity index (χ3v) is 7.82. The number of nitrogens with one attached hydrogen (secondary N) is 1. The Hall–Kier alpha value is -3.32. The van der Waals surface area contributed by atoms with Gasteiger partial charge in [-0.15, -0.1) is 0 Å². The van der Waals surface area contributed by atoms with Crippen LogP contribution in [0, 0.1) is 6.92 Å². The summed E-state index contributed by atoms with van der Waals surface area (Å²) in [4.78, 5) is 13.2. The van der Waals surface area contributed by atoms with Crippen molar-refractivity contribution in [2.75, 3.05) is 11.3 Å². The number of aryl methyl sites for hydroxylation is 2. The molecule has 0 saturated heterocycles. The average molecular weight is 508 g/mol. The van der Waals surface area contributed by atoms with Crippen LogP contribution in [0.2, 0.25) is 0 Å². The predicted molar refractivity (Wildman–Crippen MR) is 144 cm³/mol. The summed E-state index contributed by atoms with van der Waals surface area (Å²) in [6.07, 6.45) is 6.11. The van der Waals surface area contributed by atoms with E-state index in [1.165, 1.54) is 6.42 Å². The zero-order valence-corrected chi connectivity index (χ0v) is 21.9. The molecule has 1 N–H and O–H groups in total. The van der Waals surface area contributed by atoms with Gasteiger partial charge in [0, 0.05) is 16.2 Å². The largest absolute Gasteiger partial charge is 0.462 e. The summed E-state index contributed by atoms with van der Waals surface area (Å²) >= 11 is 0. The fraction of sp³-hybridized carbons (Fsp3) is 0.345. The van der Waals surface area contributed by atoms with Crippen LogP contribution in [-0.2, 0) is 21.2 Å². The third-order valence-electron chi connectivity index (χ3n) is 6.44. The number of carbonyl (C=O) groups is 1. The van der Waals surface area contributed by atoms with Gasteiger partial charge in [-0.3, -0.25) is 4.72 Å². The van der Waals surface area contributed by atoms with E-state index in [0.29, 0.717) is 40.0 Å². The van der Waals surface area contributed by atoms with Crippen molar-refractivity contribution in [3.05, 3.63) is 71.5 Å². The van der Waals surface area contributed by atoms with E-state index in [-0.39, 0.29) is 4.90 Å². The van der Waals surface area contributed by atoms with Crippen molar-refractivity contribution in [3.8, 4) is 0 Å². The molecule has 6 nitrogen and oxygen atoms in total. The number of fused-ring (bicyclic) bond motifs is 3. The van der Waals surface area contributed by atoms with Gasteiger partial charge in [0.25, 0.3) is 10.0 Å².